The quantitative estimate of drug-likeness (QED) is 0.304. The van der Waals surface area contributed by atoms with Crippen molar-refractivity contribution in [3.05, 3.63) is 88.4 Å². The van der Waals surface area contributed by atoms with E-state index in [1.54, 1.807) is 18.2 Å². The number of benzene rings is 2. The second-order valence-electron chi connectivity index (χ2n) is 10.8. The number of hydrogen-bond donors (Lipinski definition) is 2. The van der Waals surface area contributed by atoms with Gasteiger partial charge in [-0.05, 0) is 80.9 Å². The molecule has 10 nitrogen and oxygen atoms in total. The van der Waals surface area contributed by atoms with Gasteiger partial charge in [0, 0.05) is 12.5 Å². The molecule has 220 valence electrons. The predicted octanol–water partition coefficient (Wildman–Crippen LogP) is 4.70. The van der Waals surface area contributed by atoms with Gasteiger partial charge in [0.05, 0.1) is 58.7 Å². The minimum absolute atomic E-state index is 0.0607. The molecule has 0 aliphatic carbocycles. The van der Waals surface area contributed by atoms with Gasteiger partial charge in [0.25, 0.3) is 5.91 Å². The summed E-state index contributed by atoms with van der Waals surface area (Å²) in [4.78, 5) is 35.6. The average molecular weight is 587 g/mol. The number of halogens is 2. The topological polar surface area (TPSA) is 133 Å². The average Bonchev–Trinajstić information content (AvgIpc) is 3.31. The van der Waals surface area contributed by atoms with Crippen molar-refractivity contribution in [2.75, 3.05) is 25.0 Å². The number of rotatable bonds is 8. The van der Waals surface area contributed by atoms with Crippen LogP contribution in [0, 0.1) is 23.0 Å². The molecular formula is C31H28F2N6O4. The van der Waals surface area contributed by atoms with E-state index in [1.165, 1.54) is 24.3 Å². The van der Waals surface area contributed by atoms with Gasteiger partial charge in [-0.25, -0.2) is 23.5 Å². The molecule has 43 heavy (non-hydrogen) atoms. The number of carbonyl (C=O) groups is 2. The molecule has 1 amide bonds. The third kappa shape index (κ3) is 5.95. The first-order valence-electron chi connectivity index (χ1n) is 14.0. The number of aromatic carboxylic acids is 1. The molecule has 2 saturated heterocycles. The molecule has 0 radical (unpaired) electrons. The van der Waals surface area contributed by atoms with Crippen molar-refractivity contribution in [2.24, 2.45) is 0 Å². The first kappa shape index (κ1) is 28.4. The van der Waals surface area contributed by atoms with Crippen molar-refractivity contribution in [1.29, 1.82) is 5.26 Å². The summed E-state index contributed by atoms with van der Waals surface area (Å²) in [5.74, 6) is -2.30. The summed E-state index contributed by atoms with van der Waals surface area (Å²) in [6, 6.07) is 12.9. The van der Waals surface area contributed by atoms with E-state index in [-0.39, 0.29) is 40.2 Å². The number of hydrogen-bond acceptors (Lipinski definition) is 7. The predicted molar refractivity (Wildman–Crippen MR) is 152 cm³/mol. The number of nitrogens with one attached hydrogen (secondary N) is 1. The molecule has 12 heteroatoms. The van der Waals surface area contributed by atoms with Crippen molar-refractivity contribution >= 4 is 28.7 Å². The number of amides is 1. The lowest BCUT2D eigenvalue weighted by molar-refractivity contribution is -0.0592. The van der Waals surface area contributed by atoms with Gasteiger partial charge in [-0.3, -0.25) is 9.69 Å². The van der Waals surface area contributed by atoms with Gasteiger partial charge < -0.3 is 19.7 Å². The summed E-state index contributed by atoms with van der Waals surface area (Å²) in [5.41, 5.74) is 1.78. The Morgan fingerprint density at radius 3 is 2.51 bits per heavy atom. The molecule has 0 bridgehead atoms. The van der Waals surface area contributed by atoms with Crippen LogP contribution in [0.3, 0.4) is 0 Å². The van der Waals surface area contributed by atoms with E-state index in [0.717, 1.165) is 29.3 Å². The molecule has 4 heterocycles. The van der Waals surface area contributed by atoms with Crippen LogP contribution < -0.4 is 5.32 Å². The highest BCUT2D eigenvalue weighted by molar-refractivity contribution is 6.04. The van der Waals surface area contributed by atoms with Gasteiger partial charge in [0.1, 0.15) is 23.3 Å². The van der Waals surface area contributed by atoms with Crippen LogP contribution in [0.15, 0.2) is 48.5 Å². The lowest BCUT2D eigenvalue weighted by Gasteiger charge is -2.32. The third-order valence-corrected chi connectivity index (χ3v) is 8.05. The molecule has 2 N–H and O–H groups in total. The second-order valence-corrected chi connectivity index (χ2v) is 10.8. The van der Waals surface area contributed by atoms with Crippen LogP contribution in [-0.4, -0.2) is 62.2 Å². The zero-order valence-corrected chi connectivity index (χ0v) is 23.1. The minimum atomic E-state index is -0.996. The molecule has 2 aromatic heterocycles. The van der Waals surface area contributed by atoms with Gasteiger partial charge in [-0.1, -0.05) is 0 Å². The normalized spacial score (nSPS) is 17.4. The molecular weight excluding hydrogens is 558 g/mol. The van der Waals surface area contributed by atoms with E-state index in [1.807, 2.05) is 10.6 Å². The van der Waals surface area contributed by atoms with Gasteiger partial charge in [0.15, 0.2) is 0 Å². The Morgan fingerprint density at radius 1 is 1.05 bits per heavy atom. The fraction of sp³-hybridized carbons (Fsp3) is 0.323. The van der Waals surface area contributed by atoms with Gasteiger partial charge in [-0.2, -0.15) is 5.26 Å². The van der Waals surface area contributed by atoms with Crippen LogP contribution in [-0.2, 0) is 17.8 Å². The fourth-order valence-electron chi connectivity index (χ4n) is 5.59. The van der Waals surface area contributed by atoms with Crippen LogP contribution in [0.1, 0.15) is 63.0 Å². The summed E-state index contributed by atoms with van der Waals surface area (Å²) in [6.07, 6.45) is 2.25. The highest BCUT2D eigenvalue weighted by atomic mass is 19.1. The summed E-state index contributed by atoms with van der Waals surface area (Å²) < 4.78 is 36.9. The Balaban J connectivity index is 1.14. The van der Waals surface area contributed by atoms with E-state index in [0.29, 0.717) is 45.6 Å². The Hall–Kier alpha value is -4.73. The van der Waals surface area contributed by atoms with Gasteiger partial charge in [-0.15, -0.1) is 0 Å². The van der Waals surface area contributed by atoms with Crippen LogP contribution in [0.25, 0.3) is 11.0 Å². The van der Waals surface area contributed by atoms with E-state index in [9.17, 15) is 23.5 Å². The number of likely N-dealkylation sites (tertiary alicyclic amines) is 1. The number of imidazole rings is 1. The molecule has 0 saturated carbocycles. The number of carbonyl (C=O) groups excluding carboxylic acids is 1. The van der Waals surface area contributed by atoms with Crippen LogP contribution in [0.5, 0.6) is 0 Å². The smallest absolute Gasteiger partial charge is 0.335 e. The van der Waals surface area contributed by atoms with E-state index in [4.69, 9.17) is 15.0 Å². The number of nitriles is 1. The maximum Gasteiger partial charge on any atom is 0.335 e. The highest BCUT2D eigenvalue weighted by Crippen LogP contribution is 2.31. The number of anilines is 1. The zero-order chi connectivity index (χ0) is 30.1. The fourth-order valence-corrected chi connectivity index (χ4v) is 5.59. The molecule has 4 aromatic rings. The van der Waals surface area contributed by atoms with E-state index in [2.05, 4.69) is 15.2 Å². The molecule has 6 rings (SSSR count). The Labute approximate surface area is 245 Å². The Morgan fingerprint density at radius 2 is 1.84 bits per heavy atom. The van der Waals surface area contributed by atoms with Crippen molar-refractivity contribution < 1.29 is 28.2 Å². The van der Waals surface area contributed by atoms with E-state index >= 15 is 0 Å². The van der Waals surface area contributed by atoms with Crippen LogP contribution in [0.2, 0.25) is 0 Å². The Bertz CT molecular complexity index is 1760. The van der Waals surface area contributed by atoms with Gasteiger partial charge in [0.2, 0.25) is 0 Å². The van der Waals surface area contributed by atoms with Crippen molar-refractivity contribution in [3.63, 3.8) is 0 Å². The standard InChI is InChI=1S/C31H28F2N6O4/c32-23-4-6-27(37-30(40)22-3-1-18(15-34)13-24(22)33)36-29(23)19-7-10-38(11-8-19)17-28-35-25-5-2-20(31(41)42)14-26(25)39(28)16-21-9-12-43-21/h1-6,13-14,19,21H,7-12,16-17H2,(H,41,42)(H,36,37,40)/t21-/m0/s1. The number of fused-ring (bicyclic) bond motifs is 1. The van der Waals surface area contributed by atoms with E-state index < -0.39 is 23.5 Å². The molecule has 1 atom stereocenters. The SMILES string of the molecule is N#Cc1ccc(C(=O)Nc2ccc(F)c(C3CCN(Cc4nc5ccc(C(=O)O)cc5n4C[C@@H]4CCO4)CC3)n2)c(F)c1. The molecule has 2 aliphatic heterocycles. The van der Waals surface area contributed by atoms with Crippen molar-refractivity contribution in [1.82, 2.24) is 19.4 Å². The first-order valence-corrected chi connectivity index (χ1v) is 14.0. The molecule has 2 fully saturated rings. The summed E-state index contributed by atoms with van der Waals surface area (Å²) in [6.45, 7) is 3.15. The van der Waals surface area contributed by atoms with Crippen molar-refractivity contribution in [3.8, 4) is 6.07 Å². The number of aromatic nitrogens is 3. The summed E-state index contributed by atoms with van der Waals surface area (Å²) in [5, 5.41) is 20.9. The zero-order valence-electron chi connectivity index (χ0n) is 23.1. The number of ether oxygens (including phenoxy) is 1. The largest absolute Gasteiger partial charge is 0.478 e. The lowest BCUT2D eigenvalue weighted by atomic mass is 9.92. The first-order chi connectivity index (χ1) is 20.8. The van der Waals surface area contributed by atoms with Crippen molar-refractivity contribution in [2.45, 2.75) is 44.4 Å². The van der Waals surface area contributed by atoms with Crippen LogP contribution >= 0.6 is 0 Å². The number of carboxylic acids is 1. The highest BCUT2D eigenvalue weighted by Gasteiger charge is 2.28. The van der Waals surface area contributed by atoms with Crippen LogP contribution in [0.4, 0.5) is 14.6 Å². The number of carboxylic acid groups (broad SMARTS) is 1. The summed E-state index contributed by atoms with van der Waals surface area (Å²) >= 11 is 0. The molecule has 2 aromatic carbocycles. The number of piperidine rings is 1. The summed E-state index contributed by atoms with van der Waals surface area (Å²) in [7, 11) is 0. The molecule has 0 spiro atoms. The second kappa shape index (κ2) is 11.9. The maximum absolute atomic E-state index is 14.9. The molecule has 0 unspecified atom stereocenters. The number of nitrogens with zero attached hydrogens (tertiary/aromatic N) is 5. The molecule has 2 aliphatic rings. The monoisotopic (exact) mass is 586 g/mol. The lowest BCUT2D eigenvalue weighted by Crippen LogP contribution is -2.35. The maximum atomic E-state index is 14.9. The minimum Gasteiger partial charge on any atom is -0.478 e. The number of pyridine rings is 1. The van der Waals surface area contributed by atoms with Gasteiger partial charge >= 0.3 is 5.97 Å². The Kier molecular flexibility index (Phi) is 7.84. The third-order valence-electron chi connectivity index (χ3n) is 8.05.